The fourth-order valence-corrected chi connectivity index (χ4v) is 1.44. The van der Waals surface area contributed by atoms with Crippen LogP contribution < -0.4 is 0 Å². The molecule has 0 amide bonds. The van der Waals surface area contributed by atoms with Crippen molar-refractivity contribution >= 4 is 17.2 Å². The van der Waals surface area contributed by atoms with Gasteiger partial charge < -0.3 is 0 Å². The van der Waals surface area contributed by atoms with E-state index in [0.717, 1.165) is 0 Å². The van der Waals surface area contributed by atoms with Crippen LogP contribution in [0, 0.1) is 0 Å². The van der Waals surface area contributed by atoms with Crippen molar-refractivity contribution in [3.8, 4) is 0 Å². The number of hydrogen-bond donors (Lipinski definition) is 0. The first-order valence-electron chi connectivity index (χ1n) is 3.61. The summed E-state index contributed by atoms with van der Waals surface area (Å²) in [4.78, 5) is 3.78. The van der Waals surface area contributed by atoms with Gasteiger partial charge in [-0.05, 0) is 12.1 Å². The number of alkyl halides is 2. The SMILES string of the molecule is FC(F)c1c(Cl)nc2ccccn12. The highest BCUT2D eigenvalue weighted by atomic mass is 35.5. The number of rotatable bonds is 1. The number of imidazole rings is 1. The van der Waals surface area contributed by atoms with E-state index in [0.29, 0.717) is 5.65 Å². The minimum Gasteiger partial charge on any atom is -0.297 e. The Hall–Kier alpha value is -1.16. The zero-order valence-corrected chi connectivity index (χ0v) is 7.17. The van der Waals surface area contributed by atoms with Gasteiger partial charge in [0.1, 0.15) is 11.3 Å². The average molecular weight is 203 g/mol. The maximum Gasteiger partial charge on any atom is 0.281 e. The van der Waals surface area contributed by atoms with Crippen molar-refractivity contribution in [3.63, 3.8) is 0 Å². The van der Waals surface area contributed by atoms with Crippen LogP contribution in [-0.4, -0.2) is 9.38 Å². The fourth-order valence-electron chi connectivity index (χ4n) is 1.18. The summed E-state index contributed by atoms with van der Waals surface area (Å²) < 4.78 is 26.2. The fraction of sp³-hybridized carbons (Fsp3) is 0.125. The zero-order chi connectivity index (χ0) is 9.42. The monoisotopic (exact) mass is 202 g/mol. The van der Waals surface area contributed by atoms with E-state index in [2.05, 4.69) is 4.98 Å². The molecule has 0 saturated carbocycles. The average Bonchev–Trinajstić information content (AvgIpc) is 2.39. The summed E-state index contributed by atoms with van der Waals surface area (Å²) in [6, 6.07) is 4.99. The number of fused-ring (bicyclic) bond motifs is 1. The van der Waals surface area contributed by atoms with Gasteiger partial charge in [0.05, 0.1) is 0 Å². The predicted molar refractivity (Wildman–Crippen MR) is 45.2 cm³/mol. The van der Waals surface area contributed by atoms with Crippen LogP contribution in [0.25, 0.3) is 5.65 Å². The van der Waals surface area contributed by atoms with Crippen LogP contribution in [0.4, 0.5) is 8.78 Å². The van der Waals surface area contributed by atoms with Crippen LogP contribution in [0.2, 0.25) is 5.15 Å². The highest BCUT2D eigenvalue weighted by Gasteiger charge is 2.18. The van der Waals surface area contributed by atoms with Gasteiger partial charge in [0, 0.05) is 6.20 Å². The number of hydrogen-bond acceptors (Lipinski definition) is 1. The minimum atomic E-state index is -2.61. The molecule has 2 heterocycles. The lowest BCUT2D eigenvalue weighted by Gasteiger charge is -1.98. The summed E-state index contributed by atoms with van der Waals surface area (Å²) in [5, 5.41) is -0.138. The summed E-state index contributed by atoms with van der Waals surface area (Å²) >= 11 is 5.55. The van der Waals surface area contributed by atoms with Crippen LogP contribution >= 0.6 is 11.6 Å². The van der Waals surface area contributed by atoms with E-state index in [1.807, 2.05) is 0 Å². The van der Waals surface area contributed by atoms with Crippen molar-refractivity contribution in [2.24, 2.45) is 0 Å². The number of halogens is 3. The van der Waals surface area contributed by atoms with Crippen LogP contribution in [0.5, 0.6) is 0 Å². The molecular weight excluding hydrogens is 198 g/mol. The Labute approximate surface area is 77.8 Å². The highest BCUT2D eigenvalue weighted by molar-refractivity contribution is 6.30. The predicted octanol–water partition coefficient (Wildman–Crippen LogP) is 2.93. The van der Waals surface area contributed by atoms with Crippen LogP contribution in [-0.2, 0) is 0 Å². The lowest BCUT2D eigenvalue weighted by atomic mass is 10.4. The van der Waals surface area contributed by atoms with Crippen molar-refractivity contribution in [2.45, 2.75) is 6.43 Å². The van der Waals surface area contributed by atoms with Crippen LogP contribution in [0.1, 0.15) is 12.1 Å². The molecule has 2 aromatic rings. The van der Waals surface area contributed by atoms with Crippen molar-refractivity contribution < 1.29 is 8.78 Å². The molecule has 0 unspecified atom stereocenters. The van der Waals surface area contributed by atoms with Gasteiger partial charge in [0.25, 0.3) is 6.43 Å². The first-order chi connectivity index (χ1) is 6.20. The molecular formula is C8H5ClF2N2. The van der Waals surface area contributed by atoms with E-state index in [9.17, 15) is 8.78 Å². The topological polar surface area (TPSA) is 17.3 Å². The third-order valence-electron chi connectivity index (χ3n) is 1.73. The molecule has 0 spiro atoms. The lowest BCUT2D eigenvalue weighted by molar-refractivity contribution is 0.145. The van der Waals surface area contributed by atoms with E-state index >= 15 is 0 Å². The molecule has 5 heteroatoms. The Morgan fingerprint density at radius 2 is 2.15 bits per heavy atom. The van der Waals surface area contributed by atoms with Crippen molar-refractivity contribution in [1.29, 1.82) is 0 Å². The van der Waals surface area contributed by atoms with E-state index in [1.54, 1.807) is 18.2 Å². The summed E-state index contributed by atoms with van der Waals surface area (Å²) in [5.74, 6) is 0. The lowest BCUT2D eigenvalue weighted by Crippen LogP contribution is -1.92. The van der Waals surface area contributed by atoms with E-state index < -0.39 is 6.43 Å². The molecule has 0 bridgehead atoms. The third-order valence-corrected chi connectivity index (χ3v) is 2.01. The van der Waals surface area contributed by atoms with Gasteiger partial charge in [-0.25, -0.2) is 13.8 Å². The molecule has 0 aliphatic heterocycles. The number of nitrogens with zero attached hydrogens (tertiary/aromatic N) is 2. The van der Waals surface area contributed by atoms with Crippen LogP contribution in [0.15, 0.2) is 24.4 Å². The van der Waals surface area contributed by atoms with Gasteiger partial charge in [-0.15, -0.1) is 0 Å². The van der Waals surface area contributed by atoms with Crippen molar-refractivity contribution in [1.82, 2.24) is 9.38 Å². The molecule has 0 N–H and O–H groups in total. The molecule has 2 rings (SSSR count). The number of pyridine rings is 1. The second kappa shape index (κ2) is 2.96. The molecule has 0 saturated heterocycles. The maximum absolute atomic E-state index is 12.4. The smallest absolute Gasteiger partial charge is 0.281 e. The molecule has 0 atom stereocenters. The van der Waals surface area contributed by atoms with E-state index in [1.165, 1.54) is 10.6 Å². The molecule has 0 fully saturated rings. The van der Waals surface area contributed by atoms with Crippen molar-refractivity contribution in [2.75, 3.05) is 0 Å². The molecule has 0 aromatic carbocycles. The van der Waals surface area contributed by atoms with E-state index in [-0.39, 0.29) is 10.8 Å². The van der Waals surface area contributed by atoms with Gasteiger partial charge in [-0.3, -0.25) is 4.40 Å². The normalized spacial score (nSPS) is 11.4. The Morgan fingerprint density at radius 3 is 2.85 bits per heavy atom. The first-order valence-corrected chi connectivity index (χ1v) is 3.98. The Bertz CT molecular complexity index is 439. The van der Waals surface area contributed by atoms with Crippen LogP contribution in [0.3, 0.4) is 0 Å². The molecule has 0 aliphatic rings. The standard InChI is InChI=1S/C8H5ClF2N2/c9-7-6(8(10)11)13-4-2-1-3-5(13)12-7/h1-4,8H. The molecule has 68 valence electrons. The Morgan fingerprint density at radius 1 is 1.38 bits per heavy atom. The Kier molecular flexibility index (Phi) is 1.92. The second-order valence-electron chi connectivity index (χ2n) is 2.52. The minimum absolute atomic E-state index is 0.138. The van der Waals surface area contributed by atoms with Gasteiger partial charge >= 0.3 is 0 Å². The van der Waals surface area contributed by atoms with Gasteiger partial charge in [0.2, 0.25) is 0 Å². The largest absolute Gasteiger partial charge is 0.297 e. The summed E-state index contributed by atoms with van der Waals surface area (Å²) in [6.45, 7) is 0. The molecule has 0 radical (unpaired) electrons. The third kappa shape index (κ3) is 1.27. The molecule has 2 nitrogen and oxygen atoms in total. The summed E-state index contributed by atoms with van der Waals surface area (Å²) in [6.07, 6.45) is -1.10. The quantitative estimate of drug-likeness (QED) is 0.695. The summed E-state index contributed by atoms with van der Waals surface area (Å²) in [7, 11) is 0. The maximum atomic E-state index is 12.4. The summed E-state index contributed by atoms with van der Waals surface area (Å²) in [5.41, 5.74) is 0.181. The zero-order valence-electron chi connectivity index (χ0n) is 6.42. The van der Waals surface area contributed by atoms with E-state index in [4.69, 9.17) is 11.6 Å². The molecule has 0 aliphatic carbocycles. The highest BCUT2D eigenvalue weighted by Crippen LogP contribution is 2.27. The van der Waals surface area contributed by atoms with Gasteiger partial charge in [-0.2, -0.15) is 0 Å². The van der Waals surface area contributed by atoms with Gasteiger partial charge in [-0.1, -0.05) is 17.7 Å². The molecule has 2 aromatic heterocycles. The first kappa shape index (κ1) is 8.44. The molecule has 13 heavy (non-hydrogen) atoms. The van der Waals surface area contributed by atoms with Gasteiger partial charge in [0.15, 0.2) is 5.15 Å². The Balaban J connectivity index is 2.78. The second-order valence-corrected chi connectivity index (χ2v) is 2.88. The van der Waals surface area contributed by atoms with Crippen molar-refractivity contribution in [3.05, 3.63) is 35.2 Å². The number of aromatic nitrogens is 2.